The lowest BCUT2D eigenvalue weighted by Crippen LogP contribution is -2.43. The molecular formula is C20H30FIN4O. The molecule has 0 spiro atoms. The van der Waals surface area contributed by atoms with Crippen LogP contribution < -0.4 is 10.6 Å². The summed E-state index contributed by atoms with van der Waals surface area (Å²) in [6.07, 6.45) is 5.95. The van der Waals surface area contributed by atoms with E-state index in [1.165, 1.54) is 37.8 Å². The second kappa shape index (κ2) is 12.1. The Bertz CT molecular complexity index is 654. The van der Waals surface area contributed by atoms with Gasteiger partial charge in [0.05, 0.1) is 11.6 Å². The first-order valence-corrected chi connectivity index (χ1v) is 9.33. The van der Waals surface area contributed by atoms with Gasteiger partial charge in [0.15, 0.2) is 5.96 Å². The number of benzene rings is 1. The molecule has 1 aromatic carbocycles. The molecule has 150 valence electrons. The Morgan fingerprint density at radius 1 is 1.33 bits per heavy atom. The van der Waals surface area contributed by atoms with E-state index in [9.17, 15) is 4.39 Å². The fourth-order valence-corrected chi connectivity index (χ4v) is 3.52. The summed E-state index contributed by atoms with van der Waals surface area (Å²) in [5, 5.41) is 15.5. The van der Waals surface area contributed by atoms with Crippen molar-refractivity contribution >= 4 is 29.9 Å². The van der Waals surface area contributed by atoms with Crippen LogP contribution >= 0.6 is 24.0 Å². The Morgan fingerprint density at radius 2 is 2.07 bits per heavy atom. The number of nitrogens with one attached hydrogen (secondary N) is 2. The van der Waals surface area contributed by atoms with Crippen LogP contribution in [0.3, 0.4) is 0 Å². The Balaban J connectivity index is 0.00000364. The van der Waals surface area contributed by atoms with Crippen molar-refractivity contribution in [2.45, 2.75) is 45.6 Å². The molecule has 1 saturated carbocycles. The Kier molecular flexibility index (Phi) is 10.6. The van der Waals surface area contributed by atoms with Crippen LogP contribution in [0.1, 0.15) is 50.2 Å². The highest BCUT2D eigenvalue weighted by molar-refractivity contribution is 14.0. The van der Waals surface area contributed by atoms with E-state index >= 15 is 0 Å². The van der Waals surface area contributed by atoms with Gasteiger partial charge in [0.25, 0.3) is 0 Å². The van der Waals surface area contributed by atoms with E-state index in [4.69, 9.17) is 10.00 Å². The molecule has 1 aromatic rings. The molecule has 0 unspecified atom stereocenters. The number of ether oxygens (including phenoxy) is 1. The van der Waals surface area contributed by atoms with Gasteiger partial charge >= 0.3 is 0 Å². The van der Waals surface area contributed by atoms with E-state index in [0.717, 1.165) is 26.2 Å². The van der Waals surface area contributed by atoms with Crippen molar-refractivity contribution < 1.29 is 9.13 Å². The van der Waals surface area contributed by atoms with Crippen molar-refractivity contribution in [1.82, 2.24) is 10.6 Å². The molecule has 0 aliphatic heterocycles. The second-order valence-corrected chi connectivity index (χ2v) is 6.85. The molecular weight excluding hydrogens is 458 g/mol. The molecule has 1 fully saturated rings. The van der Waals surface area contributed by atoms with E-state index in [-0.39, 0.29) is 41.8 Å². The number of nitrogens with zero attached hydrogens (tertiary/aromatic N) is 2. The van der Waals surface area contributed by atoms with Gasteiger partial charge in [0, 0.05) is 38.9 Å². The van der Waals surface area contributed by atoms with Crippen LogP contribution in [0.15, 0.2) is 23.2 Å². The van der Waals surface area contributed by atoms with Crippen molar-refractivity contribution in [2.75, 3.05) is 26.8 Å². The average Bonchev–Trinajstić information content (AvgIpc) is 3.12. The van der Waals surface area contributed by atoms with Crippen LogP contribution in [0.4, 0.5) is 4.39 Å². The largest absolute Gasteiger partial charge is 0.382 e. The molecule has 0 saturated heterocycles. The van der Waals surface area contributed by atoms with Crippen molar-refractivity contribution in [2.24, 2.45) is 10.4 Å². The summed E-state index contributed by atoms with van der Waals surface area (Å²) in [5.41, 5.74) is 1.16. The molecule has 0 aromatic heterocycles. The fourth-order valence-electron chi connectivity index (χ4n) is 3.52. The Labute approximate surface area is 178 Å². The average molecular weight is 488 g/mol. The third-order valence-electron chi connectivity index (χ3n) is 5.12. The van der Waals surface area contributed by atoms with Crippen molar-refractivity contribution in [3.63, 3.8) is 0 Å². The van der Waals surface area contributed by atoms with Crippen LogP contribution in [0, 0.1) is 22.6 Å². The summed E-state index contributed by atoms with van der Waals surface area (Å²) in [5.74, 6) is 0.324. The van der Waals surface area contributed by atoms with Gasteiger partial charge in [-0.1, -0.05) is 12.8 Å². The Morgan fingerprint density at radius 3 is 2.70 bits per heavy atom. The van der Waals surface area contributed by atoms with Crippen molar-refractivity contribution in [1.29, 1.82) is 5.26 Å². The second-order valence-electron chi connectivity index (χ2n) is 6.85. The summed E-state index contributed by atoms with van der Waals surface area (Å²) < 4.78 is 19.5. The first kappa shape index (κ1) is 23.6. The molecule has 27 heavy (non-hydrogen) atoms. The number of hydrogen-bond acceptors (Lipinski definition) is 3. The highest BCUT2D eigenvalue weighted by Crippen LogP contribution is 2.40. The fraction of sp³-hybridized carbons (Fsp3) is 0.600. The maximum Gasteiger partial charge on any atom is 0.191 e. The van der Waals surface area contributed by atoms with Gasteiger partial charge in [-0.25, -0.2) is 4.39 Å². The predicted molar refractivity (Wildman–Crippen MR) is 117 cm³/mol. The normalized spacial score (nSPS) is 15.7. The minimum Gasteiger partial charge on any atom is -0.382 e. The van der Waals surface area contributed by atoms with Gasteiger partial charge in [-0.2, -0.15) is 5.26 Å². The molecule has 0 heterocycles. The lowest BCUT2D eigenvalue weighted by molar-refractivity contribution is 0.105. The minimum atomic E-state index is -0.323. The van der Waals surface area contributed by atoms with Crippen LogP contribution in [0.25, 0.3) is 0 Å². The standard InChI is InChI=1S/C20H29FN4O.HI/c1-3-26-11-10-20(8-4-5-9-20)15-25-19(23-2)24-14-17-12-16(13-22)6-7-18(17)21;/h6-7,12H,3-5,8-11,14-15H2,1-2H3,(H2,23,24,25);1H. The Hall–Kier alpha value is -1.40. The summed E-state index contributed by atoms with van der Waals surface area (Å²) >= 11 is 0. The lowest BCUT2D eigenvalue weighted by atomic mass is 9.83. The quantitative estimate of drug-likeness (QED) is 0.252. The summed E-state index contributed by atoms with van der Waals surface area (Å²) in [6, 6.07) is 6.41. The third-order valence-corrected chi connectivity index (χ3v) is 5.12. The summed E-state index contributed by atoms with van der Waals surface area (Å²) in [4.78, 5) is 4.24. The van der Waals surface area contributed by atoms with Crippen molar-refractivity contribution in [3.05, 3.63) is 35.1 Å². The molecule has 0 radical (unpaired) electrons. The van der Waals surface area contributed by atoms with E-state index < -0.39 is 0 Å². The first-order valence-electron chi connectivity index (χ1n) is 9.33. The van der Waals surface area contributed by atoms with E-state index in [0.29, 0.717) is 17.1 Å². The number of nitriles is 1. The summed E-state index contributed by atoms with van der Waals surface area (Å²) in [6.45, 7) is 4.68. The van der Waals surface area contributed by atoms with Crippen LogP contribution in [-0.2, 0) is 11.3 Å². The third kappa shape index (κ3) is 7.26. The molecule has 0 amide bonds. The molecule has 0 bridgehead atoms. The number of rotatable bonds is 8. The molecule has 1 aliphatic rings. The van der Waals surface area contributed by atoms with Gasteiger partial charge in [-0.3, -0.25) is 4.99 Å². The van der Waals surface area contributed by atoms with Crippen LogP contribution in [0.5, 0.6) is 0 Å². The van der Waals surface area contributed by atoms with Crippen LogP contribution in [0.2, 0.25) is 0 Å². The van der Waals surface area contributed by atoms with Crippen molar-refractivity contribution in [3.8, 4) is 6.07 Å². The zero-order chi connectivity index (χ0) is 18.8. The molecule has 1 aliphatic carbocycles. The SMILES string of the molecule is CCOCCC1(CNC(=NC)NCc2cc(C#N)ccc2F)CCCC1.I. The first-order chi connectivity index (χ1) is 12.6. The van der Waals surface area contributed by atoms with Gasteiger partial charge in [0.1, 0.15) is 5.82 Å². The maximum atomic E-state index is 13.9. The zero-order valence-electron chi connectivity index (χ0n) is 16.2. The lowest BCUT2D eigenvalue weighted by Gasteiger charge is -2.30. The smallest absolute Gasteiger partial charge is 0.191 e. The number of hydrogen-bond donors (Lipinski definition) is 2. The van der Waals surface area contributed by atoms with E-state index in [2.05, 4.69) is 15.6 Å². The molecule has 5 nitrogen and oxygen atoms in total. The minimum absolute atomic E-state index is 0. The van der Waals surface area contributed by atoms with Gasteiger partial charge in [-0.05, 0) is 49.8 Å². The predicted octanol–water partition coefficient (Wildman–Crippen LogP) is 3.97. The highest BCUT2D eigenvalue weighted by atomic mass is 127. The monoisotopic (exact) mass is 488 g/mol. The van der Waals surface area contributed by atoms with Crippen LogP contribution in [-0.4, -0.2) is 32.8 Å². The topological polar surface area (TPSA) is 69.4 Å². The highest BCUT2D eigenvalue weighted by Gasteiger charge is 2.33. The van der Waals surface area contributed by atoms with E-state index in [1.54, 1.807) is 13.1 Å². The summed E-state index contributed by atoms with van der Waals surface area (Å²) in [7, 11) is 1.71. The number of guanidine groups is 1. The molecule has 2 rings (SSSR count). The number of aliphatic imine (C=N–C) groups is 1. The zero-order valence-corrected chi connectivity index (χ0v) is 18.5. The molecule has 7 heteroatoms. The van der Waals surface area contributed by atoms with Gasteiger partial charge in [0.2, 0.25) is 0 Å². The van der Waals surface area contributed by atoms with Gasteiger partial charge < -0.3 is 15.4 Å². The maximum absolute atomic E-state index is 13.9. The van der Waals surface area contributed by atoms with Gasteiger partial charge in [-0.15, -0.1) is 24.0 Å². The molecule has 0 atom stereocenters. The van der Waals surface area contributed by atoms with E-state index in [1.807, 2.05) is 13.0 Å². The number of halogens is 2. The molecule has 2 N–H and O–H groups in total.